The van der Waals surface area contributed by atoms with Crippen molar-refractivity contribution in [3.63, 3.8) is 0 Å². The van der Waals surface area contributed by atoms with Crippen LogP contribution in [-0.4, -0.2) is 41.5 Å². The second-order valence-corrected chi connectivity index (χ2v) is 8.24. The van der Waals surface area contributed by atoms with Crippen LogP contribution in [0.1, 0.15) is 61.7 Å². The van der Waals surface area contributed by atoms with Gasteiger partial charge in [-0.15, -0.1) is 0 Å². The van der Waals surface area contributed by atoms with Crippen LogP contribution < -0.4 is 16.4 Å². The number of nitrogens with zero attached hydrogens (tertiary/aromatic N) is 4. The zero-order chi connectivity index (χ0) is 19.7. The first kappa shape index (κ1) is 19.1. The van der Waals surface area contributed by atoms with Crippen molar-refractivity contribution in [3.8, 4) is 0 Å². The van der Waals surface area contributed by atoms with Gasteiger partial charge >= 0.3 is 0 Å². The third kappa shape index (κ3) is 3.43. The summed E-state index contributed by atoms with van der Waals surface area (Å²) in [7, 11) is 0. The van der Waals surface area contributed by atoms with Crippen molar-refractivity contribution in [1.29, 1.82) is 0 Å². The number of nitrogens with two attached hydrogens (primary N) is 2. The van der Waals surface area contributed by atoms with Crippen molar-refractivity contribution in [2.75, 3.05) is 18.0 Å². The van der Waals surface area contributed by atoms with E-state index in [1.165, 1.54) is 6.42 Å². The van der Waals surface area contributed by atoms with Crippen LogP contribution >= 0.6 is 11.6 Å². The van der Waals surface area contributed by atoms with Crippen LogP contribution in [0.3, 0.4) is 0 Å². The first-order chi connectivity index (χ1) is 13.5. The summed E-state index contributed by atoms with van der Waals surface area (Å²) in [5, 5.41) is 0.522. The van der Waals surface area contributed by atoms with E-state index in [2.05, 4.69) is 9.98 Å². The predicted molar refractivity (Wildman–Crippen MR) is 113 cm³/mol. The summed E-state index contributed by atoms with van der Waals surface area (Å²) in [5.41, 5.74) is 13.0. The Kier molecular flexibility index (Phi) is 5.19. The second kappa shape index (κ2) is 7.62. The van der Waals surface area contributed by atoms with Crippen LogP contribution in [0.15, 0.2) is 28.2 Å². The minimum absolute atomic E-state index is 0.0332. The van der Waals surface area contributed by atoms with Crippen LogP contribution in [0.5, 0.6) is 0 Å². The molecule has 1 saturated heterocycles. The number of carbonyl (C=O) groups excluding carboxylic acids is 1. The maximum atomic E-state index is 13.0. The minimum atomic E-state index is -0.579. The molecular weight excluding hydrogens is 376 g/mol. The van der Waals surface area contributed by atoms with E-state index in [0.717, 1.165) is 58.0 Å². The van der Waals surface area contributed by atoms with Gasteiger partial charge in [0.05, 0.1) is 10.7 Å². The number of benzene rings is 1. The van der Waals surface area contributed by atoms with E-state index in [4.69, 9.17) is 23.1 Å². The lowest BCUT2D eigenvalue weighted by molar-refractivity contribution is 0.0724. The van der Waals surface area contributed by atoms with E-state index in [9.17, 15) is 4.79 Å². The van der Waals surface area contributed by atoms with E-state index < -0.39 is 5.66 Å². The van der Waals surface area contributed by atoms with Gasteiger partial charge in [-0.3, -0.25) is 9.69 Å². The topological polar surface area (TPSA) is 100 Å². The highest BCUT2D eigenvalue weighted by Gasteiger charge is 2.43. The Balaban J connectivity index is 1.72. The average molecular weight is 403 g/mol. The number of guanidine groups is 2. The number of carbonyl (C=O) groups is 1. The van der Waals surface area contributed by atoms with Gasteiger partial charge in [0.2, 0.25) is 11.9 Å². The number of piperidine rings is 1. The fourth-order valence-corrected chi connectivity index (χ4v) is 4.77. The third-order valence-electron chi connectivity index (χ3n) is 5.93. The number of anilines is 1. The van der Waals surface area contributed by atoms with Crippen molar-refractivity contribution < 1.29 is 4.79 Å². The highest BCUT2D eigenvalue weighted by atomic mass is 35.5. The molecular formula is C20H27ClN6O. The molecule has 0 unspecified atom stereocenters. The average Bonchev–Trinajstić information content (AvgIpc) is 2.69. The van der Waals surface area contributed by atoms with Crippen LogP contribution in [0, 0.1) is 0 Å². The van der Waals surface area contributed by atoms with Gasteiger partial charge in [0.15, 0.2) is 0 Å². The molecule has 1 aliphatic carbocycles. The quantitative estimate of drug-likeness (QED) is 0.793. The molecule has 2 heterocycles. The first-order valence-corrected chi connectivity index (χ1v) is 10.5. The van der Waals surface area contributed by atoms with Gasteiger partial charge in [0, 0.05) is 18.7 Å². The molecule has 0 bridgehead atoms. The number of rotatable bonds is 2. The molecule has 2 fully saturated rings. The summed E-state index contributed by atoms with van der Waals surface area (Å²) >= 11 is 6.57. The Labute approximate surface area is 170 Å². The SMILES string of the molecule is NC1=NC2(CCCCC2)N(c2cc(C(=O)N3CCCCC3)ccc2Cl)C(N)=N1. The molecule has 1 aromatic rings. The number of hydrogen-bond acceptors (Lipinski definition) is 6. The van der Waals surface area contributed by atoms with E-state index in [1.54, 1.807) is 12.1 Å². The maximum Gasteiger partial charge on any atom is 0.253 e. The lowest BCUT2D eigenvalue weighted by Gasteiger charge is -2.46. The first-order valence-electron chi connectivity index (χ1n) is 10.1. The Morgan fingerprint density at radius 3 is 2.43 bits per heavy atom. The van der Waals surface area contributed by atoms with Gasteiger partial charge in [-0.25, -0.2) is 4.99 Å². The fraction of sp³-hybridized carbons (Fsp3) is 0.550. The molecule has 4 N–H and O–H groups in total. The monoisotopic (exact) mass is 402 g/mol. The molecule has 0 atom stereocenters. The maximum absolute atomic E-state index is 13.0. The van der Waals surface area contributed by atoms with Crippen molar-refractivity contribution in [1.82, 2.24) is 4.90 Å². The van der Waals surface area contributed by atoms with Crippen molar-refractivity contribution >= 4 is 35.1 Å². The van der Waals surface area contributed by atoms with Crippen LogP contribution in [0.2, 0.25) is 5.02 Å². The summed E-state index contributed by atoms with van der Waals surface area (Å²) in [5.74, 6) is 0.511. The molecule has 1 aromatic carbocycles. The van der Waals surface area contributed by atoms with Gasteiger partial charge in [0.1, 0.15) is 5.66 Å². The zero-order valence-corrected chi connectivity index (χ0v) is 16.8. The predicted octanol–water partition coefficient (Wildman–Crippen LogP) is 3.08. The Bertz CT molecular complexity index is 824. The zero-order valence-electron chi connectivity index (χ0n) is 16.0. The normalized spacial score (nSPS) is 22.0. The summed E-state index contributed by atoms with van der Waals surface area (Å²) in [6, 6.07) is 5.37. The highest BCUT2D eigenvalue weighted by Crippen LogP contribution is 2.42. The summed E-state index contributed by atoms with van der Waals surface area (Å²) in [6.07, 6.45) is 8.15. The second-order valence-electron chi connectivity index (χ2n) is 7.84. The molecule has 0 radical (unpaired) electrons. The molecule has 1 saturated carbocycles. The van der Waals surface area contributed by atoms with E-state index in [0.29, 0.717) is 16.3 Å². The van der Waals surface area contributed by atoms with E-state index in [-0.39, 0.29) is 17.8 Å². The van der Waals surface area contributed by atoms with E-state index >= 15 is 0 Å². The molecule has 1 amide bonds. The van der Waals surface area contributed by atoms with Crippen LogP contribution in [-0.2, 0) is 0 Å². The molecule has 1 spiro atoms. The van der Waals surface area contributed by atoms with E-state index in [1.807, 2.05) is 15.9 Å². The molecule has 7 nitrogen and oxygen atoms in total. The molecule has 150 valence electrons. The largest absolute Gasteiger partial charge is 0.369 e. The number of likely N-dealkylation sites (tertiary alicyclic amines) is 1. The van der Waals surface area contributed by atoms with Gasteiger partial charge in [-0.05, 0) is 63.1 Å². The molecule has 8 heteroatoms. The van der Waals surface area contributed by atoms with Crippen LogP contribution in [0.25, 0.3) is 0 Å². The van der Waals surface area contributed by atoms with Gasteiger partial charge in [0.25, 0.3) is 5.91 Å². The third-order valence-corrected chi connectivity index (χ3v) is 6.25. The van der Waals surface area contributed by atoms with Crippen molar-refractivity contribution in [3.05, 3.63) is 28.8 Å². The highest BCUT2D eigenvalue weighted by molar-refractivity contribution is 6.34. The fourth-order valence-electron chi connectivity index (χ4n) is 4.57. The van der Waals surface area contributed by atoms with Gasteiger partial charge in [-0.2, -0.15) is 4.99 Å². The Morgan fingerprint density at radius 1 is 1.04 bits per heavy atom. The molecule has 0 aromatic heterocycles. The van der Waals surface area contributed by atoms with Gasteiger partial charge in [-0.1, -0.05) is 18.0 Å². The Hall–Kier alpha value is -2.28. The van der Waals surface area contributed by atoms with Crippen molar-refractivity contribution in [2.45, 2.75) is 57.0 Å². The number of halogens is 1. The molecule has 4 rings (SSSR count). The minimum Gasteiger partial charge on any atom is -0.369 e. The van der Waals surface area contributed by atoms with Crippen molar-refractivity contribution in [2.24, 2.45) is 21.5 Å². The van der Waals surface area contributed by atoms with Crippen LogP contribution in [0.4, 0.5) is 5.69 Å². The lowest BCUT2D eigenvalue weighted by atomic mass is 9.87. The smallest absolute Gasteiger partial charge is 0.253 e. The van der Waals surface area contributed by atoms with Gasteiger partial charge < -0.3 is 16.4 Å². The standard InChI is InChI=1S/C20H27ClN6O/c21-15-8-7-14(17(28)26-11-5-2-6-12-26)13-16(15)27-19(23)24-18(22)25-20(27)9-3-1-4-10-20/h7-8,13H,1-6,9-12H2,(H4,22,23,24,25). The lowest BCUT2D eigenvalue weighted by Crippen LogP contribution is -2.58. The number of amides is 1. The molecule has 28 heavy (non-hydrogen) atoms. The summed E-state index contributed by atoms with van der Waals surface area (Å²) in [4.78, 5) is 25.7. The molecule has 2 aliphatic heterocycles. The summed E-state index contributed by atoms with van der Waals surface area (Å²) in [6.45, 7) is 1.60. The molecule has 3 aliphatic rings. The summed E-state index contributed by atoms with van der Waals surface area (Å²) < 4.78 is 0. The number of aliphatic imine (C=N–C) groups is 2. The number of hydrogen-bond donors (Lipinski definition) is 2. The Morgan fingerprint density at radius 2 is 1.71 bits per heavy atom.